The Morgan fingerprint density at radius 1 is 1.57 bits per heavy atom. The van der Waals surface area contributed by atoms with Crippen molar-refractivity contribution in [1.82, 2.24) is 0 Å². The Kier molecular flexibility index (Phi) is 3.06. The molecule has 0 saturated heterocycles. The molecule has 0 heterocycles. The van der Waals surface area contributed by atoms with Crippen LogP contribution in [0.15, 0.2) is 29.4 Å². The van der Waals surface area contributed by atoms with Gasteiger partial charge in [-0.05, 0) is 19.1 Å². The Balaban J connectivity index is 2.95. The number of hydrogen-bond acceptors (Lipinski definition) is 3. The number of amides is 2. The van der Waals surface area contributed by atoms with Crippen LogP contribution in [0.3, 0.4) is 0 Å². The molecule has 0 aliphatic carbocycles. The summed E-state index contributed by atoms with van der Waals surface area (Å²) in [6.45, 7) is 1.66. The molecule has 0 aliphatic heterocycles. The van der Waals surface area contributed by atoms with Gasteiger partial charge in [0, 0.05) is 11.3 Å². The fraction of sp³-hybridized carbons (Fsp3) is 0.111. The molecule has 0 radical (unpaired) electrons. The maximum absolute atomic E-state index is 10.6. The van der Waals surface area contributed by atoms with Crippen molar-refractivity contribution in [3.8, 4) is 0 Å². The molecule has 1 aromatic carbocycles. The number of primary amides is 1. The van der Waals surface area contributed by atoms with Crippen molar-refractivity contribution < 1.29 is 10.0 Å². The number of urea groups is 1. The first-order valence-electron chi connectivity index (χ1n) is 3.99. The molecule has 0 saturated carbocycles. The summed E-state index contributed by atoms with van der Waals surface area (Å²) in [6.07, 6.45) is 0. The van der Waals surface area contributed by atoms with E-state index in [9.17, 15) is 4.79 Å². The molecule has 2 amide bonds. The van der Waals surface area contributed by atoms with E-state index in [-0.39, 0.29) is 0 Å². The first kappa shape index (κ1) is 10.0. The first-order valence-corrected chi connectivity index (χ1v) is 3.99. The van der Waals surface area contributed by atoms with E-state index >= 15 is 0 Å². The van der Waals surface area contributed by atoms with Crippen molar-refractivity contribution >= 4 is 17.4 Å². The number of nitrogens with two attached hydrogens (primary N) is 1. The number of carbonyl (C=O) groups is 1. The molecular weight excluding hydrogens is 182 g/mol. The molecule has 0 aromatic heterocycles. The number of anilines is 1. The molecular formula is C9H11N3O2. The maximum Gasteiger partial charge on any atom is 0.316 e. The number of oxime groups is 1. The van der Waals surface area contributed by atoms with Crippen LogP contribution in [0.4, 0.5) is 10.5 Å². The van der Waals surface area contributed by atoms with Gasteiger partial charge in [0.1, 0.15) is 0 Å². The van der Waals surface area contributed by atoms with Gasteiger partial charge in [-0.15, -0.1) is 0 Å². The van der Waals surface area contributed by atoms with Crippen LogP contribution in [-0.4, -0.2) is 17.0 Å². The SMILES string of the molecule is C/C(=N/O)c1cccc(NC(N)=O)c1. The normalized spacial score (nSPS) is 11.1. The van der Waals surface area contributed by atoms with Crippen LogP contribution in [0.5, 0.6) is 0 Å². The van der Waals surface area contributed by atoms with Gasteiger partial charge < -0.3 is 16.3 Å². The molecule has 1 aromatic rings. The van der Waals surface area contributed by atoms with Crippen molar-refractivity contribution in [2.75, 3.05) is 5.32 Å². The van der Waals surface area contributed by atoms with Crippen LogP contribution in [-0.2, 0) is 0 Å². The van der Waals surface area contributed by atoms with Crippen molar-refractivity contribution in [1.29, 1.82) is 0 Å². The lowest BCUT2D eigenvalue weighted by Gasteiger charge is -2.03. The molecule has 0 aliphatic rings. The highest BCUT2D eigenvalue weighted by Crippen LogP contribution is 2.10. The monoisotopic (exact) mass is 193 g/mol. The first-order chi connectivity index (χ1) is 6.63. The third kappa shape index (κ3) is 2.48. The molecule has 0 atom stereocenters. The highest BCUT2D eigenvalue weighted by Gasteiger charge is 2.00. The summed E-state index contributed by atoms with van der Waals surface area (Å²) < 4.78 is 0. The number of rotatable bonds is 2. The number of benzene rings is 1. The van der Waals surface area contributed by atoms with Gasteiger partial charge in [0.2, 0.25) is 0 Å². The van der Waals surface area contributed by atoms with E-state index in [1.165, 1.54) is 0 Å². The highest BCUT2D eigenvalue weighted by atomic mass is 16.4. The summed E-state index contributed by atoms with van der Waals surface area (Å²) in [4.78, 5) is 10.6. The molecule has 0 unspecified atom stereocenters. The van der Waals surface area contributed by atoms with Gasteiger partial charge in [-0.1, -0.05) is 17.3 Å². The third-order valence-electron chi connectivity index (χ3n) is 1.70. The van der Waals surface area contributed by atoms with Crippen LogP contribution in [0, 0.1) is 0 Å². The van der Waals surface area contributed by atoms with E-state index < -0.39 is 6.03 Å². The quantitative estimate of drug-likeness (QED) is 0.376. The highest BCUT2D eigenvalue weighted by molar-refractivity contribution is 5.99. The van der Waals surface area contributed by atoms with Crippen LogP contribution in [0.2, 0.25) is 0 Å². The summed E-state index contributed by atoms with van der Waals surface area (Å²) >= 11 is 0. The second-order valence-electron chi connectivity index (χ2n) is 2.76. The Bertz CT molecular complexity index is 374. The van der Waals surface area contributed by atoms with E-state index in [2.05, 4.69) is 10.5 Å². The maximum atomic E-state index is 10.6. The lowest BCUT2D eigenvalue weighted by Crippen LogP contribution is -2.19. The zero-order chi connectivity index (χ0) is 10.6. The summed E-state index contributed by atoms with van der Waals surface area (Å²) in [7, 11) is 0. The van der Waals surface area contributed by atoms with Crippen LogP contribution in [0.1, 0.15) is 12.5 Å². The largest absolute Gasteiger partial charge is 0.411 e. The lowest BCUT2D eigenvalue weighted by molar-refractivity contribution is 0.259. The Morgan fingerprint density at radius 2 is 2.29 bits per heavy atom. The zero-order valence-corrected chi connectivity index (χ0v) is 7.69. The van der Waals surface area contributed by atoms with E-state index in [0.29, 0.717) is 11.4 Å². The molecule has 1 rings (SSSR count). The van der Waals surface area contributed by atoms with Crippen LogP contribution < -0.4 is 11.1 Å². The number of nitrogens with zero attached hydrogens (tertiary/aromatic N) is 1. The average Bonchev–Trinajstić information content (AvgIpc) is 2.16. The smallest absolute Gasteiger partial charge is 0.316 e. The van der Waals surface area contributed by atoms with Gasteiger partial charge in [-0.3, -0.25) is 0 Å². The number of hydrogen-bond donors (Lipinski definition) is 3. The fourth-order valence-corrected chi connectivity index (χ4v) is 1.02. The van der Waals surface area contributed by atoms with E-state index in [1.54, 1.807) is 31.2 Å². The Morgan fingerprint density at radius 3 is 2.86 bits per heavy atom. The zero-order valence-electron chi connectivity index (χ0n) is 7.69. The van der Waals surface area contributed by atoms with E-state index in [0.717, 1.165) is 5.56 Å². The topological polar surface area (TPSA) is 87.7 Å². The van der Waals surface area contributed by atoms with Crippen molar-refractivity contribution in [3.05, 3.63) is 29.8 Å². The lowest BCUT2D eigenvalue weighted by atomic mass is 10.1. The van der Waals surface area contributed by atoms with Gasteiger partial charge in [-0.2, -0.15) is 0 Å². The molecule has 4 N–H and O–H groups in total. The molecule has 0 spiro atoms. The molecule has 5 heteroatoms. The van der Waals surface area contributed by atoms with Crippen molar-refractivity contribution in [2.45, 2.75) is 6.92 Å². The van der Waals surface area contributed by atoms with Gasteiger partial charge in [0.05, 0.1) is 5.71 Å². The summed E-state index contributed by atoms with van der Waals surface area (Å²) in [5.41, 5.74) is 6.71. The predicted octanol–water partition coefficient (Wildman–Crippen LogP) is 1.38. The van der Waals surface area contributed by atoms with E-state index in [1.807, 2.05) is 0 Å². The van der Waals surface area contributed by atoms with Gasteiger partial charge in [0.25, 0.3) is 0 Å². The minimum atomic E-state index is -0.624. The van der Waals surface area contributed by atoms with Crippen molar-refractivity contribution in [3.63, 3.8) is 0 Å². The van der Waals surface area contributed by atoms with Crippen LogP contribution >= 0.6 is 0 Å². The number of nitrogens with one attached hydrogen (secondary N) is 1. The molecule has 5 nitrogen and oxygen atoms in total. The Hall–Kier alpha value is -2.04. The molecule has 14 heavy (non-hydrogen) atoms. The fourth-order valence-electron chi connectivity index (χ4n) is 1.02. The summed E-state index contributed by atoms with van der Waals surface area (Å²) in [6, 6.07) is 6.23. The summed E-state index contributed by atoms with van der Waals surface area (Å²) in [5, 5.41) is 14.0. The van der Waals surface area contributed by atoms with Gasteiger partial charge in [0.15, 0.2) is 0 Å². The standard InChI is InChI=1S/C9H11N3O2/c1-6(12-14)7-3-2-4-8(5-7)11-9(10)13/h2-5,14H,1H3,(H3,10,11,13)/b12-6-. The third-order valence-corrected chi connectivity index (χ3v) is 1.70. The molecule has 74 valence electrons. The molecule has 0 bridgehead atoms. The second-order valence-corrected chi connectivity index (χ2v) is 2.76. The molecule has 0 fully saturated rings. The predicted molar refractivity (Wildman–Crippen MR) is 53.6 cm³/mol. The number of carbonyl (C=O) groups excluding carboxylic acids is 1. The summed E-state index contributed by atoms with van der Waals surface area (Å²) in [5.74, 6) is 0. The van der Waals surface area contributed by atoms with Gasteiger partial charge in [-0.25, -0.2) is 4.79 Å². The van der Waals surface area contributed by atoms with Crippen LogP contribution in [0.25, 0.3) is 0 Å². The minimum Gasteiger partial charge on any atom is -0.411 e. The van der Waals surface area contributed by atoms with Crippen molar-refractivity contribution in [2.24, 2.45) is 10.9 Å². The van der Waals surface area contributed by atoms with Gasteiger partial charge >= 0.3 is 6.03 Å². The Labute approximate surface area is 81.2 Å². The van der Waals surface area contributed by atoms with E-state index in [4.69, 9.17) is 10.9 Å². The second kappa shape index (κ2) is 4.27. The minimum absolute atomic E-state index is 0.470. The average molecular weight is 193 g/mol.